The van der Waals surface area contributed by atoms with Crippen LogP contribution in [0.4, 0.5) is 15.8 Å². The van der Waals surface area contributed by atoms with Crippen molar-refractivity contribution in [3.05, 3.63) is 34.1 Å². The van der Waals surface area contributed by atoms with Gasteiger partial charge in [0, 0.05) is 25.3 Å². The summed E-state index contributed by atoms with van der Waals surface area (Å²) in [5, 5.41) is 22.1. The number of unbranched alkanes of at least 4 members (excludes halogenated alkanes) is 2. The lowest BCUT2D eigenvalue weighted by Crippen LogP contribution is -2.05. The molecule has 1 aromatic carbocycles. The van der Waals surface area contributed by atoms with E-state index in [9.17, 15) is 14.5 Å². The molecule has 0 fully saturated rings. The van der Waals surface area contributed by atoms with Crippen molar-refractivity contribution in [1.82, 2.24) is 0 Å². The second-order valence-corrected chi connectivity index (χ2v) is 3.63. The Kier molecular flexibility index (Phi) is 5.35. The predicted octanol–water partition coefficient (Wildman–Crippen LogP) is 2.31. The summed E-state index contributed by atoms with van der Waals surface area (Å²) in [6.45, 7) is 0.657. The Bertz CT molecular complexity index is 385. The first-order valence-electron chi connectivity index (χ1n) is 5.44. The van der Waals surface area contributed by atoms with Crippen molar-refractivity contribution in [2.45, 2.75) is 19.3 Å². The number of anilines is 1. The van der Waals surface area contributed by atoms with E-state index in [0.29, 0.717) is 13.0 Å². The summed E-state index contributed by atoms with van der Waals surface area (Å²) in [6.07, 6.45) is 2.30. The Morgan fingerprint density at radius 1 is 1.35 bits per heavy atom. The Labute approximate surface area is 98.4 Å². The fourth-order valence-electron chi connectivity index (χ4n) is 1.45. The number of aliphatic hydroxyl groups excluding tert-OH is 1. The fourth-order valence-corrected chi connectivity index (χ4v) is 1.45. The maximum Gasteiger partial charge on any atom is 0.292 e. The van der Waals surface area contributed by atoms with Crippen molar-refractivity contribution in [3.8, 4) is 0 Å². The molecule has 0 aromatic heterocycles. The fraction of sp³-hybridized carbons (Fsp3) is 0.455. The van der Waals surface area contributed by atoms with Crippen LogP contribution in [0.25, 0.3) is 0 Å². The topological polar surface area (TPSA) is 75.4 Å². The van der Waals surface area contributed by atoms with Crippen molar-refractivity contribution in [3.63, 3.8) is 0 Å². The first-order valence-corrected chi connectivity index (χ1v) is 5.44. The second-order valence-electron chi connectivity index (χ2n) is 3.63. The summed E-state index contributed by atoms with van der Waals surface area (Å²) >= 11 is 0. The Morgan fingerprint density at radius 2 is 2.12 bits per heavy atom. The van der Waals surface area contributed by atoms with Gasteiger partial charge in [-0.2, -0.15) is 0 Å². The highest BCUT2D eigenvalue weighted by atomic mass is 19.1. The number of nitro groups is 1. The van der Waals surface area contributed by atoms with Crippen molar-refractivity contribution >= 4 is 11.4 Å². The van der Waals surface area contributed by atoms with E-state index < -0.39 is 10.7 Å². The highest BCUT2D eigenvalue weighted by Crippen LogP contribution is 2.24. The van der Waals surface area contributed by atoms with Gasteiger partial charge < -0.3 is 10.4 Å². The van der Waals surface area contributed by atoms with Crippen LogP contribution in [0.2, 0.25) is 0 Å². The number of nitrogens with zero attached hydrogens (tertiary/aromatic N) is 1. The zero-order valence-corrected chi connectivity index (χ0v) is 9.36. The lowest BCUT2D eigenvalue weighted by atomic mass is 10.2. The largest absolute Gasteiger partial charge is 0.396 e. The lowest BCUT2D eigenvalue weighted by molar-refractivity contribution is -0.384. The summed E-state index contributed by atoms with van der Waals surface area (Å²) in [6, 6.07) is 3.32. The summed E-state index contributed by atoms with van der Waals surface area (Å²) in [5.74, 6) is -0.506. The van der Waals surface area contributed by atoms with Crippen LogP contribution < -0.4 is 5.32 Å². The molecule has 0 aliphatic heterocycles. The van der Waals surface area contributed by atoms with E-state index >= 15 is 0 Å². The smallest absolute Gasteiger partial charge is 0.292 e. The average Bonchev–Trinajstić information content (AvgIpc) is 2.28. The predicted molar refractivity (Wildman–Crippen MR) is 62.5 cm³/mol. The molecule has 0 aliphatic carbocycles. The van der Waals surface area contributed by atoms with Gasteiger partial charge >= 0.3 is 0 Å². The molecule has 0 amide bonds. The molecule has 1 aromatic rings. The molecule has 0 atom stereocenters. The summed E-state index contributed by atoms with van der Waals surface area (Å²) in [7, 11) is 0. The summed E-state index contributed by atoms with van der Waals surface area (Å²) < 4.78 is 12.9. The van der Waals surface area contributed by atoms with Crippen molar-refractivity contribution in [2.75, 3.05) is 18.5 Å². The van der Waals surface area contributed by atoms with E-state index in [-0.39, 0.29) is 18.0 Å². The Morgan fingerprint density at radius 3 is 2.76 bits per heavy atom. The van der Waals surface area contributed by atoms with Gasteiger partial charge in [0.2, 0.25) is 0 Å². The Balaban J connectivity index is 2.56. The first-order chi connectivity index (χ1) is 8.15. The maximum atomic E-state index is 12.9. The van der Waals surface area contributed by atoms with Crippen LogP contribution >= 0.6 is 0 Å². The molecular formula is C11H15FN2O3. The average molecular weight is 242 g/mol. The molecule has 0 spiro atoms. The van der Waals surface area contributed by atoms with Crippen molar-refractivity contribution < 1.29 is 14.4 Å². The van der Waals surface area contributed by atoms with Gasteiger partial charge in [-0.3, -0.25) is 10.1 Å². The number of nitro benzene ring substituents is 1. The standard InChI is InChI=1S/C11H15FN2O3/c12-9-4-5-11(14(16)17)10(8-9)13-6-2-1-3-7-15/h4-5,8,13,15H,1-3,6-7H2. The maximum absolute atomic E-state index is 12.9. The van der Waals surface area contributed by atoms with Gasteiger partial charge in [0.05, 0.1) is 4.92 Å². The van der Waals surface area contributed by atoms with Gasteiger partial charge in [-0.15, -0.1) is 0 Å². The minimum Gasteiger partial charge on any atom is -0.396 e. The SMILES string of the molecule is O=[N+]([O-])c1ccc(F)cc1NCCCCCO. The van der Waals surface area contributed by atoms with Crippen molar-refractivity contribution in [1.29, 1.82) is 0 Å². The number of halogens is 1. The first kappa shape index (κ1) is 13.4. The quantitative estimate of drug-likeness (QED) is 0.437. The van der Waals surface area contributed by atoms with Crippen LogP contribution in [-0.4, -0.2) is 23.2 Å². The van der Waals surface area contributed by atoms with E-state index in [4.69, 9.17) is 5.11 Å². The molecule has 0 heterocycles. The van der Waals surface area contributed by atoms with Gasteiger partial charge in [-0.1, -0.05) is 0 Å². The molecule has 0 bridgehead atoms. The Hall–Kier alpha value is -1.69. The van der Waals surface area contributed by atoms with E-state index in [1.165, 1.54) is 0 Å². The van der Waals surface area contributed by atoms with Gasteiger partial charge in [0.1, 0.15) is 11.5 Å². The van der Waals surface area contributed by atoms with E-state index in [2.05, 4.69) is 5.32 Å². The molecule has 0 saturated heterocycles. The number of hydrogen-bond acceptors (Lipinski definition) is 4. The number of aliphatic hydroxyl groups is 1. The molecule has 0 radical (unpaired) electrons. The molecule has 0 unspecified atom stereocenters. The van der Waals surface area contributed by atoms with Crippen LogP contribution in [0.5, 0.6) is 0 Å². The highest BCUT2D eigenvalue weighted by Gasteiger charge is 2.13. The second kappa shape index (κ2) is 6.80. The van der Waals surface area contributed by atoms with E-state index in [0.717, 1.165) is 31.0 Å². The molecular weight excluding hydrogens is 227 g/mol. The molecule has 1 rings (SSSR count). The molecule has 6 heteroatoms. The molecule has 94 valence electrons. The van der Waals surface area contributed by atoms with Crippen LogP contribution in [-0.2, 0) is 0 Å². The van der Waals surface area contributed by atoms with Crippen LogP contribution in [0, 0.1) is 15.9 Å². The summed E-state index contributed by atoms with van der Waals surface area (Å²) in [5.41, 5.74) is 0.0626. The van der Waals surface area contributed by atoms with Crippen molar-refractivity contribution in [2.24, 2.45) is 0 Å². The molecule has 0 aliphatic rings. The van der Waals surface area contributed by atoms with E-state index in [1.807, 2.05) is 0 Å². The molecule has 2 N–H and O–H groups in total. The van der Waals surface area contributed by atoms with Gasteiger partial charge in [-0.25, -0.2) is 4.39 Å². The monoisotopic (exact) mass is 242 g/mol. The minimum atomic E-state index is -0.546. The lowest BCUT2D eigenvalue weighted by Gasteiger charge is -2.06. The number of benzene rings is 1. The normalized spacial score (nSPS) is 10.2. The minimum absolute atomic E-state index is 0.131. The molecule has 0 saturated carbocycles. The van der Waals surface area contributed by atoms with Crippen LogP contribution in [0.1, 0.15) is 19.3 Å². The molecule has 5 nitrogen and oxygen atoms in total. The number of hydrogen-bond donors (Lipinski definition) is 2. The van der Waals surface area contributed by atoms with Gasteiger partial charge in [-0.05, 0) is 25.3 Å². The highest BCUT2D eigenvalue weighted by molar-refractivity contribution is 5.61. The van der Waals surface area contributed by atoms with E-state index in [1.54, 1.807) is 0 Å². The van der Waals surface area contributed by atoms with Gasteiger partial charge in [0.25, 0.3) is 5.69 Å². The third-order valence-corrected chi connectivity index (χ3v) is 2.31. The van der Waals surface area contributed by atoms with Crippen LogP contribution in [0.15, 0.2) is 18.2 Å². The zero-order valence-electron chi connectivity index (χ0n) is 9.36. The third-order valence-electron chi connectivity index (χ3n) is 2.31. The summed E-state index contributed by atoms with van der Waals surface area (Å²) in [4.78, 5) is 10.1. The zero-order chi connectivity index (χ0) is 12.7. The van der Waals surface area contributed by atoms with Gasteiger partial charge in [0.15, 0.2) is 0 Å². The number of rotatable bonds is 7. The third kappa shape index (κ3) is 4.36. The molecule has 17 heavy (non-hydrogen) atoms. The van der Waals surface area contributed by atoms with Crippen LogP contribution in [0.3, 0.4) is 0 Å². The number of nitrogens with one attached hydrogen (secondary N) is 1.